The Labute approximate surface area is 86.9 Å². The second-order valence-corrected chi connectivity index (χ2v) is 6.13. The average Bonchev–Trinajstić information content (AvgIpc) is 2.23. The molecule has 0 aromatic heterocycles. The quantitative estimate of drug-likeness (QED) is 0.445. The van der Waals surface area contributed by atoms with Crippen molar-refractivity contribution in [3.63, 3.8) is 0 Å². The Hall–Kier alpha value is 0.0269. The second-order valence-electron chi connectivity index (χ2n) is 3.16. The van der Waals surface area contributed by atoms with E-state index in [1.165, 1.54) is 27.1 Å². The van der Waals surface area contributed by atoms with Gasteiger partial charge in [-0.15, -0.1) is 0 Å². The molecule has 86 valence electrons. The van der Waals surface area contributed by atoms with Gasteiger partial charge in [0.1, 0.15) is 0 Å². The van der Waals surface area contributed by atoms with E-state index in [1.807, 2.05) is 0 Å². The van der Waals surface area contributed by atoms with Crippen molar-refractivity contribution in [1.29, 1.82) is 0 Å². The van der Waals surface area contributed by atoms with Crippen LogP contribution in [0.4, 0.5) is 4.39 Å². The van der Waals surface area contributed by atoms with Crippen molar-refractivity contribution < 1.29 is 17.7 Å². The number of hydrogen-bond acceptors (Lipinski definition) is 3. The van der Waals surface area contributed by atoms with Gasteiger partial charge in [-0.25, -0.2) is 4.39 Å². The smallest absolute Gasteiger partial charge is 0.377 e. The Morgan fingerprint density at radius 3 is 2.14 bits per heavy atom. The van der Waals surface area contributed by atoms with Crippen molar-refractivity contribution in [3.8, 4) is 0 Å². The van der Waals surface area contributed by atoms with E-state index in [-0.39, 0.29) is 0 Å². The maximum Gasteiger partial charge on any atom is 0.502 e. The molecule has 0 aliphatic heterocycles. The third-order valence-electron chi connectivity index (χ3n) is 2.23. The van der Waals surface area contributed by atoms with Crippen molar-refractivity contribution in [2.75, 3.05) is 21.1 Å². The maximum absolute atomic E-state index is 12.1. The van der Waals surface area contributed by atoms with E-state index in [2.05, 4.69) is 6.92 Å². The van der Waals surface area contributed by atoms with Gasteiger partial charge in [0.15, 0.2) is 6.86 Å². The fraction of sp³-hybridized carbons (Fsp3) is 1.00. The molecule has 0 spiro atoms. The summed E-state index contributed by atoms with van der Waals surface area (Å²) >= 11 is 0. The topological polar surface area (TPSA) is 27.7 Å². The lowest BCUT2D eigenvalue weighted by atomic mass is 10.2. The molecular weight excluding hydrogens is 203 g/mol. The van der Waals surface area contributed by atoms with Crippen LogP contribution in [0.25, 0.3) is 0 Å². The fourth-order valence-electron chi connectivity index (χ4n) is 1.33. The molecule has 0 aliphatic carbocycles. The molecule has 14 heavy (non-hydrogen) atoms. The molecule has 0 N–H and O–H groups in total. The molecular formula is C9H21FO3Si. The van der Waals surface area contributed by atoms with E-state index in [0.717, 1.165) is 12.8 Å². The van der Waals surface area contributed by atoms with Crippen LogP contribution >= 0.6 is 0 Å². The SMILES string of the molecule is CCCCCC[Si](OC)(OC)OCF. The summed E-state index contributed by atoms with van der Waals surface area (Å²) in [7, 11) is 0.370. The zero-order valence-corrected chi connectivity index (χ0v) is 10.3. The van der Waals surface area contributed by atoms with E-state index in [9.17, 15) is 4.39 Å². The van der Waals surface area contributed by atoms with Crippen LogP contribution in [-0.2, 0) is 13.3 Å². The number of hydrogen-bond donors (Lipinski definition) is 0. The summed E-state index contributed by atoms with van der Waals surface area (Å²) in [6.07, 6.45) is 4.46. The summed E-state index contributed by atoms with van der Waals surface area (Å²) in [4.78, 5) is 0. The molecule has 3 nitrogen and oxygen atoms in total. The third kappa shape index (κ3) is 5.04. The largest absolute Gasteiger partial charge is 0.502 e. The number of unbranched alkanes of at least 4 members (excludes halogenated alkanes) is 3. The lowest BCUT2D eigenvalue weighted by molar-refractivity contribution is 0.0572. The highest BCUT2D eigenvalue weighted by Crippen LogP contribution is 2.18. The van der Waals surface area contributed by atoms with Gasteiger partial charge >= 0.3 is 8.80 Å². The van der Waals surface area contributed by atoms with E-state index in [1.54, 1.807) is 0 Å². The van der Waals surface area contributed by atoms with Gasteiger partial charge in [0, 0.05) is 20.3 Å². The van der Waals surface area contributed by atoms with E-state index < -0.39 is 15.7 Å². The molecule has 5 heteroatoms. The molecule has 0 amide bonds. The van der Waals surface area contributed by atoms with Crippen LogP contribution in [0.15, 0.2) is 0 Å². The molecule has 0 heterocycles. The lowest BCUT2D eigenvalue weighted by Crippen LogP contribution is -2.43. The molecule has 0 saturated carbocycles. The summed E-state index contributed by atoms with van der Waals surface area (Å²) in [5, 5.41) is 0. The van der Waals surface area contributed by atoms with Crippen LogP contribution in [-0.4, -0.2) is 29.9 Å². The van der Waals surface area contributed by atoms with Crippen LogP contribution in [0, 0.1) is 0 Å². The molecule has 0 rings (SSSR count). The average molecular weight is 224 g/mol. The van der Waals surface area contributed by atoms with Crippen LogP contribution in [0.2, 0.25) is 6.04 Å². The minimum Gasteiger partial charge on any atom is -0.377 e. The predicted molar refractivity (Wildman–Crippen MR) is 55.8 cm³/mol. The lowest BCUT2D eigenvalue weighted by Gasteiger charge is -2.24. The first-order valence-corrected chi connectivity index (χ1v) is 6.98. The molecule has 0 bridgehead atoms. The standard InChI is InChI=1S/C9H21FO3Si/c1-4-5-6-7-8-14(11-2,12-3)13-9-10/h4-9H2,1-3H3. The Kier molecular flexibility index (Phi) is 8.36. The Bertz CT molecular complexity index is 131. The maximum atomic E-state index is 12.1. The van der Waals surface area contributed by atoms with Crippen molar-refractivity contribution in [1.82, 2.24) is 0 Å². The molecule has 0 atom stereocenters. The first-order valence-electron chi connectivity index (χ1n) is 5.05. The zero-order chi connectivity index (χ0) is 10.9. The van der Waals surface area contributed by atoms with Gasteiger partial charge < -0.3 is 13.3 Å². The normalized spacial score (nSPS) is 12.0. The number of rotatable bonds is 9. The van der Waals surface area contributed by atoms with Crippen molar-refractivity contribution in [2.24, 2.45) is 0 Å². The predicted octanol–water partition coefficient (Wildman–Crippen LogP) is 2.74. The van der Waals surface area contributed by atoms with Gasteiger partial charge in [-0.3, -0.25) is 0 Å². The molecule has 0 aromatic rings. The molecule has 0 saturated heterocycles. The Morgan fingerprint density at radius 2 is 1.71 bits per heavy atom. The summed E-state index contributed by atoms with van der Waals surface area (Å²) < 4.78 is 27.4. The molecule has 0 aromatic carbocycles. The van der Waals surface area contributed by atoms with Gasteiger partial charge in [-0.05, 0) is 6.42 Å². The van der Waals surface area contributed by atoms with Crippen molar-refractivity contribution in [2.45, 2.75) is 38.7 Å². The van der Waals surface area contributed by atoms with Gasteiger partial charge in [0.2, 0.25) is 0 Å². The summed E-state index contributed by atoms with van der Waals surface area (Å²) in [5.74, 6) is 0. The van der Waals surface area contributed by atoms with Crippen molar-refractivity contribution in [3.05, 3.63) is 0 Å². The van der Waals surface area contributed by atoms with Crippen LogP contribution in [0.5, 0.6) is 0 Å². The van der Waals surface area contributed by atoms with Gasteiger partial charge in [0.25, 0.3) is 0 Å². The Balaban J connectivity index is 3.82. The highest BCUT2D eigenvalue weighted by atomic mass is 28.4. The zero-order valence-electron chi connectivity index (χ0n) is 9.35. The van der Waals surface area contributed by atoms with Gasteiger partial charge in [-0.1, -0.05) is 26.2 Å². The van der Waals surface area contributed by atoms with Gasteiger partial charge in [-0.2, -0.15) is 0 Å². The highest BCUT2D eigenvalue weighted by Gasteiger charge is 2.38. The fourth-order valence-corrected chi connectivity index (χ4v) is 3.13. The van der Waals surface area contributed by atoms with Crippen LogP contribution in [0.3, 0.4) is 0 Å². The minimum absolute atomic E-state index is 0.698. The monoisotopic (exact) mass is 224 g/mol. The first kappa shape index (κ1) is 14.0. The Morgan fingerprint density at radius 1 is 1.07 bits per heavy atom. The summed E-state index contributed by atoms with van der Waals surface area (Å²) in [5.41, 5.74) is 0. The molecule has 0 aliphatic rings. The first-order chi connectivity index (χ1) is 6.74. The highest BCUT2D eigenvalue weighted by molar-refractivity contribution is 6.60. The van der Waals surface area contributed by atoms with Crippen LogP contribution < -0.4 is 0 Å². The van der Waals surface area contributed by atoms with E-state index in [4.69, 9.17) is 13.3 Å². The molecule has 0 fully saturated rings. The summed E-state index contributed by atoms with van der Waals surface area (Å²) in [6, 6.07) is 0.698. The molecule has 0 radical (unpaired) electrons. The van der Waals surface area contributed by atoms with Gasteiger partial charge in [0.05, 0.1) is 0 Å². The van der Waals surface area contributed by atoms with E-state index in [0.29, 0.717) is 6.04 Å². The van der Waals surface area contributed by atoms with Crippen molar-refractivity contribution >= 4 is 8.80 Å². The third-order valence-corrected chi connectivity index (χ3v) is 4.99. The number of alkyl halides is 1. The molecule has 0 unspecified atom stereocenters. The summed E-state index contributed by atoms with van der Waals surface area (Å²) in [6.45, 7) is 1.32. The minimum atomic E-state index is -2.67. The van der Waals surface area contributed by atoms with E-state index >= 15 is 0 Å². The van der Waals surface area contributed by atoms with Crippen LogP contribution in [0.1, 0.15) is 32.6 Å². The second kappa shape index (κ2) is 8.34. The number of halogens is 1.